The largest absolute Gasteiger partial charge is 0.314 e. The lowest BCUT2D eigenvalue weighted by Gasteiger charge is -2.53. The normalized spacial score (nSPS) is 29.9. The maximum Gasteiger partial charge on any atom is 0.287 e. The maximum absolute atomic E-state index is 11.5. The molecular formula is C11H23ClNO2P. The summed E-state index contributed by atoms with van der Waals surface area (Å²) in [6.45, 7) is 7.27. The lowest BCUT2D eigenvalue weighted by Crippen LogP contribution is -2.60. The van der Waals surface area contributed by atoms with Crippen molar-refractivity contribution in [2.45, 2.75) is 57.7 Å². The second-order valence-electron chi connectivity index (χ2n) is 6.07. The van der Waals surface area contributed by atoms with Crippen molar-refractivity contribution >= 4 is 18.0 Å². The topological polar surface area (TPSA) is 29.5 Å². The summed E-state index contributed by atoms with van der Waals surface area (Å²) in [7, 11) is 2.13. The number of hydrogen-bond donors (Lipinski definition) is 0. The van der Waals surface area contributed by atoms with Crippen LogP contribution in [0.2, 0.25) is 0 Å². The summed E-state index contributed by atoms with van der Waals surface area (Å²) in [5.74, 6) is 0. The van der Waals surface area contributed by atoms with Gasteiger partial charge in [0.2, 0.25) is 0 Å². The van der Waals surface area contributed by atoms with E-state index >= 15 is 0 Å². The average Bonchev–Trinajstić information content (AvgIpc) is 1.95. The Hall–Kier alpha value is 0.440. The van der Waals surface area contributed by atoms with Crippen molar-refractivity contribution in [3.63, 3.8) is 0 Å². The van der Waals surface area contributed by atoms with Crippen LogP contribution in [0.3, 0.4) is 0 Å². The molecule has 96 valence electrons. The average molecular weight is 268 g/mol. The lowest BCUT2D eigenvalue weighted by molar-refractivity contribution is -0.0538. The molecule has 0 spiro atoms. The zero-order chi connectivity index (χ0) is 12.8. The molecule has 0 aromatic carbocycles. The van der Waals surface area contributed by atoms with E-state index in [1.807, 2.05) is 0 Å². The second-order valence-corrected chi connectivity index (χ2v) is 9.61. The van der Waals surface area contributed by atoms with Gasteiger partial charge >= 0.3 is 0 Å². The van der Waals surface area contributed by atoms with Crippen molar-refractivity contribution < 1.29 is 9.09 Å². The molecule has 0 N–H and O–H groups in total. The Bertz CT molecular complexity index is 293. The molecule has 0 aromatic rings. The smallest absolute Gasteiger partial charge is 0.287 e. The third-order valence-electron chi connectivity index (χ3n) is 3.61. The van der Waals surface area contributed by atoms with Crippen molar-refractivity contribution in [1.29, 1.82) is 0 Å². The molecule has 1 unspecified atom stereocenters. The fraction of sp³-hybridized carbons (Fsp3) is 1.00. The molecule has 1 atom stereocenters. The number of rotatable bonds is 2. The highest BCUT2D eigenvalue weighted by atomic mass is 35.7. The van der Waals surface area contributed by atoms with Gasteiger partial charge in [-0.25, -0.2) is 0 Å². The van der Waals surface area contributed by atoms with Crippen LogP contribution < -0.4 is 0 Å². The fourth-order valence-corrected chi connectivity index (χ4v) is 3.64. The number of nitrogens with zero attached hydrogens (tertiary/aromatic N) is 1. The summed E-state index contributed by atoms with van der Waals surface area (Å²) in [5.41, 5.74) is 0.0803. The molecule has 0 aromatic heterocycles. The SMILES string of the molecule is CN1C(C)(C)CC(OP(C)(=O)Cl)CC1(C)C. The molecule has 16 heavy (non-hydrogen) atoms. The van der Waals surface area contributed by atoms with E-state index in [2.05, 4.69) is 39.6 Å². The van der Waals surface area contributed by atoms with Crippen LogP contribution in [-0.2, 0) is 9.09 Å². The number of piperidine rings is 1. The molecule has 1 fully saturated rings. The Morgan fingerprint density at radius 1 is 1.25 bits per heavy atom. The highest BCUT2D eigenvalue weighted by Gasteiger charge is 2.44. The van der Waals surface area contributed by atoms with Crippen molar-refractivity contribution in [2.24, 2.45) is 0 Å². The molecular weight excluding hydrogens is 245 g/mol. The molecule has 3 nitrogen and oxygen atoms in total. The first-order valence-electron chi connectivity index (χ1n) is 5.64. The molecule has 0 amide bonds. The maximum atomic E-state index is 11.5. The van der Waals surface area contributed by atoms with Gasteiger partial charge < -0.3 is 4.52 Å². The summed E-state index contributed by atoms with van der Waals surface area (Å²) < 4.78 is 17.0. The monoisotopic (exact) mass is 267 g/mol. The van der Waals surface area contributed by atoms with Crippen molar-refractivity contribution in [3.05, 3.63) is 0 Å². The molecule has 0 radical (unpaired) electrons. The highest BCUT2D eigenvalue weighted by molar-refractivity contribution is 7.84. The van der Waals surface area contributed by atoms with Gasteiger partial charge in [-0.2, -0.15) is 0 Å². The summed E-state index contributed by atoms with van der Waals surface area (Å²) in [5, 5.41) is 0. The fourth-order valence-electron chi connectivity index (χ4n) is 2.62. The van der Waals surface area contributed by atoms with E-state index < -0.39 is 6.72 Å². The van der Waals surface area contributed by atoms with Gasteiger partial charge in [-0.05, 0) is 58.8 Å². The third-order valence-corrected chi connectivity index (χ3v) is 4.52. The highest BCUT2D eigenvalue weighted by Crippen LogP contribution is 2.52. The number of likely N-dealkylation sites (tertiary alicyclic amines) is 1. The van der Waals surface area contributed by atoms with Crippen molar-refractivity contribution in [1.82, 2.24) is 4.90 Å². The number of hydrogen-bond acceptors (Lipinski definition) is 3. The molecule has 1 saturated heterocycles. The molecule has 1 aliphatic heterocycles. The summed E-state index contributed by atoms with van der Waals surface area (Å²) in [6.07, 6.45) is 1.70. The van der Waals surface area contributed by atoms with E-state index in [4.69, 9.17) is 15.8 Å². The Kier molecular flexibility index (Phi) is 3.88. The minimum atomic E-state index is -2.91. The van der Waals surface area contributed by atoms with Crippen molar-refractivity contribution in [2.75, 3.05) is 13.7 Å². The third kappa shape index (κ3) is 3.46. The predicted molar refractivity (Wildman–Crippen MR) is 69.4 cm³/mol. The van der Waals surface area contributed by atoms with Gasteiger partial charge in [0.05, 0.1) is 6.10 Å². The van der Waals surface area contributed by atoms with Crippen LogP contribution in [0.25, 0.3) is 0 Å². The van der Waals surface area contributed by atoms with Crippen LogP contribution in [-0.4, -0.2) is 35.8 Å². The van der Waals surface area contributed by atoms with Gasteiger partial charge in [0, 0.05) is 17.7 Å². The number of halogens is 1. The summed E-state index contributed by atoms with van der Waals surface area (Å²) in [6, 6.07) is 0. The molecule has 0 bridgehead atoms. The Labute approximate surface area is 104 Å². The van der Waals surface area contributed by atoms with E-state index in [1.54, 1.807) is 0 Å². The summed E-state index contributed by atoms with van der Waals surface area (Å²) >= 11 is 5.71. The van der Waals surface area contributed by atoms with Crippen LogP contribution in [0.15, 0.2) is 0 Å². The molecule has 0 saturated carbocycles. The first-order chi connectivity index (χ1) is 6.94. The molecule has 0 aliphatic carbocycles. The standard InChI is InChI=1S/C11H23ClNO2P/c1-10(2)7-9(15-16(6,12)14)8-11(3,4)13(10)5/h9H,7-8H2,1-6H3. The Balaban J connectivity index is 2.83. The van der Waals surface area contributed by atoms with Crippen LogP contribution in [0.4, 0.5) is 0 Å². The minimum Gasteiger partial charge on any atom is -0.314 e. The quantitative estimate of drug-likeness (QED) is 0.714. The van der Waals surface area contributed by atoms with Crippen molar-refractivity contribution in [3.8, 4) is 0 Å². The van der Waals surface area contributed by atoms with Gasteiger partial charge in [0.25, 0.3) is 6.72 Å². The van der Waals surface area contributed by atoms with Crippen LogP contribution in [0.1, 0.15) is 40.5 Å². The van der Waals surface area contributed by atoms with Gasteiger partial charge in [-0.3, -0.25) is 9.46 Å². The van der Waals surface area contributed by atoms with E-state index in [-0.39, 0.29) is 17.2 Å². The summed E-state index contributed by atoms with van der Waals surface area (Å²) in [4.78, 5) is 2.36. The van der Waals surface area contributed by atoms with Crippen LogP contribution in [0, 0.1) is 0 Å². The molecule has 1 aliphatic rings. The van der Waals surface area contributed by atoms with Gasteiger partial charge in [0.15, 0.2) is 0 Å². The van der Waals surface area contributed by atoms with E-state index in [0.29, 0.717) is 0 Å². The zero-order valence-corrected chi connectivity index (χ0v) is 12.7. The molecule has 1 rings (SSSR count). The zero-order valence-electron chi connectivity index (χ0n) is 11.1. The van der Waals surface area contributed by atoms with Crippen LogP contribution >= 0.6 is 18.0 Å². The van der Waals surface area contributed by atoms with E-state index in [1.165, 1.54) is 6.66 Å². The lowest BCUT2D eigenvalue weighted by atomic mass is 9.79. The first kappa shape index (κ1) is 14.5. The van der Waals surface area contributed by atoms with Crippen LogP contribution in [0.5, 0.6) is 0 Å². The van der Waals surface area contributed by atoms with Gasteiger partial charge in [-0.15, -0.1) is 0 Å². The first-order valence-corrected chi connectivity index (χ1v) is 8.61. The Morgan fingerprint density at radius 2 is 1.62 bits per heavy atom. The molecule has 1 heterocycles. The van der Waals surface area contributed by atoms with Gasteiger partial charge in [-0.1, -0.05) is 0 Å². The van der Waals surface area contributed by atoms with E-state index in [0.717, 1.165) is 12.8 Å². The minimum absolute atomic E-state index is 0.0190. The second kappa shape index (κ2) is 4.28. The Morgan fingerprint density at radius 3 is 1.94 bits per heavy atom. The van der Waals surface area contributed by atoms with Gasteiger partial charge in [0.1, 0.15) is 0 Å². The predicted octanol–water partition coefficient (Wildman–Crippen LogP) is 3.72. The van der Waals surface area contributed by atoms with E-state index in [9.17, 15) is 4.57 Å². The molecule has 5 heteroatoms.